The van der Waals surface area contributed by atoms with Gasteiger partial charge in [0.05, 0.1) is 24.4 Å². The minimum atomic E-state index is -1.29. The molecule has 0 saturated carbocycles. The smallest absolute Gasteiger partial charge is 0.307 e. The van der Waals surface area contributed by atoms with E-state index in [1.54, 1.807) is 0 Å². The fourth-order valence-electron chi connectivity index (χ4n) is 3.04. The van der Waals surface area contributed by atoms with E-state index in [4.69, 9.17) is 14.6 Å². The molecule has 1 atom stereocenters. The molecule has 0 amide bonds. The van der Waals surface area contributed by atoms with Crippen molar-refractivity contribution in [3.05, 3.63) is 35.4 Å². The molecule has 1 fully saturated rings. The molecule has 1 aromatic rings. The number of carboxylic acids is 1. The van der Waals surface area contributed by atoms with E-state index in [9.17, 15) is 9.00 Å². The molecule has 0 radical (unpaired) electrons. The van der Waals surface area contributed by atoms with Gasteiger partial charge in [0.2, 0.25) is 0 Å². The summed E-state index contributed by atoms with van der Waals surface area (Å²) in [6, 6.07) is 8.56. The SMILES string of the molecule is CC(C)(C)S(=O)N(COCC[Si](C)(C)C)C1(c2ccc(CC(=O)O)cc2)COC1. The molecule has 0 bridgehead atoms. The van der Waals surface area contributed by atoms with Crippen LogP contribution in [0.2, 0.25) is 25.7 Å². The van der Waals surface area contributed by atoms with Crippen molar-refractivity contribution in [2.75, 3.05) is 26.6 Å². The summed E-state index contributed by atoms with van der Waals surface area (Å²) in [6.45, 7) is 14.6. The number of hydrogen-bond donors (Lipinski definition) is 1. The maximum Gasteiger partial charge on any atom is 0.307 e. The maximum absolute atomic E-state index is 13.4. The molecular formula is C21H35NO5SSi. The van der Waals surface area contributed by atoms with E-state index in [0.717, 1.165) is 17.2 Å². The first-order chi connectivity index (χ1) is 13.3. The number of aliphatic carboxylic acids is 1. The van der Waals surface area contributed by atoms with Crippen LogP contribution in [-0.4, -0.2) is 59.0 Å². The van der Waals surface area contributed by atoms with Crippen molar-refractivity contribution in [2.24, 2.45) is 0 Å². The number of nitrogens with zero attached hydrogens (tertiary/aromatic N) is 1. The molecule has 0 aromatic heterocycles. The number of benzene rings is 1. The highest BCUT2D eigenvalue weighted by Gasteiger charge is 2.50. The molecule has 0 aliphatic carbocycles. The summed E-state index contributed by atoms with van der Waals surface area (Å²) in [7, 11) is -2.50. The third-order valence-corrected chi connectivity index (χ3v) is 8.54. The minimum Gasteiger partial charge on any atom is -0.481 e. The average Bonchev–Trinajstić information content (AvgIpc) is 2.54. The van der Waals surface area contributed by atoms with Crippen LogP contribution in [0.5, 0.6) is 0 Å². The van der Waals surface area contributed by atoms with E-state index in [1.165, 1.54) is 0 Å². The van der Waals surface area contributed by atoms with Crippen LogP contribution in [0.4, 0.5) is 0 Å². The second kappa shape index (κ2) is 9.39. The van der Waals surface area contributed by atoms with Gasteiger partial charge in [0, 0.05) is 14.7 Å². The van der Waals surface area contributed by atoms with Gasteiger partial charge in [-0.2, -0.15) is 4.31 Å². The van der Waals surface area contributed by atoms with Gasteiger partial charge in [-0.3, -0.25) is 4.79 Å². The number of hydrogen-bond acceptors (Lipinski definition) is 4. The highest BCUT2D eigenvalue weighted by molar-refractivity contribution is 7.84. The topological polar surface area (TPSA) is 76.1 Å². The zero-order chi connectivity index (χ0) is 21.9. The minimum absolute atomic E-state index is 0.0127. The van der Waals surface area contributed by atoms with E-state index < -0.39 is 35.3 Å². The summed E-state index contributed by atoms with van der Waals surface area (Å²) in [5, 5.41) is 9.00. The zero-order valence-corrected chi connectivity index (χ0v) is 20.3. The van der Waals surface area contributed by atoms with Gasteiger partial charge < -0.3 is 14.6 Å². The molecule has 1 aliphatic rings. The van der Waals surface area contributed by atoms with Gasteiger partial charge in [0.25, 0.3) is 0 Å². The summed E-state index contributed by atoms with van der Waals surface area (Å²) in [5.74, 6) is -0.856. The standard InChI is InChI=1S/C21H35NO5SSi/c1-20(2,3)28(25)22(16-26-11-12-29(4,5)6)21(14-27-15-21)18-9-7-17(8-10-18)13-19(23)24/h7-10H,11-16H2,1-6H3,(H,23,24). The average molecular weight is 442 g/mol. The first-order valence-corrected chi connectivity index (χ1v) is 14.8. The number of carboxylic acid groups (broad SMARTS) is 1. The Morgan fingerprint density at radius 2 is 1.83 bits per heavy atom. The van der Waals surface area contributed by atoms with Gasteiger partial charge in [0.15, 0.2) is 0 Å². The van der Waals surface area contributed by atoms with Crippen molar-refractivity contribution >= 4 is 25.0 Å². The molecule has 8 heteroatoms. The molecule has 164 valence electrons. The molecule has 1 N–H and O–H groups in total. The molecule has 1 heterocycles. The fourth-order valence-corrected chi connectivity index (χ4v) is 5.16. The lowest BCUT2D eigenvalue weighted by atomic mass is 9.87. The predicted molar refractivity (Wildman–Crippen MR) is 119 cm³/mol. The van der Waals surface area contributed by atoms with Crippen molar-refractivity contribution in [1.29, 1.82) is 0 Å². The van der Waals surface area contributed by atoms with Crippen molar-refractivity contribution in [3.8, 4) is 0 Å². The maximum atomic E-state index is 13.4. The molecule has 1 aliphatic heterocycles. The van der Waals surface area contributed by atoms with Crippen LogP contribution in [0.25, 0.3) is 0 Å². The number of carbonyl (C=O) groups is 1. The van der Waals surface area contributed by atoms with Gasteiger partial charge in [-0.25, -0.2) is 4.21 Å². The molecule has 29 heavy (non-hydrogen) atoms. The van der Waals surface area contributed by atoms with Gasteiger partial charge in [-0.05, 0) is 37.9 Å². The first-order valence-electron chi connectivity index (χ1n) is 10.0. The molecule has 6 nitrogen and oxygen atoms in total. The second-order valence-corrected chi connectivity index (χ2v) is 17.7. The van der Waals surface area contributed by atoms with Crippen LogP contribution in [0.3, 0.4) is 0 Å². The van der Waals surface area contributed by atoms with Crippen LogP contribution in [0.15, 0.2) is 24.3 Å². The van der Waals surface area contributed by atoms with Crippen LogP contribution in [-0.2, 0) is 37.2 Å². The normalized spacial score (nSPS) is 17.8. The Labute approximate surface area is 178 Å². The van der Waals surface area contributed by atoms with Crippen LogP contribution in [0, 0.1) is 0 Å². The third kappa shape index (κ3) is 6.46. The van der Waals surface area contributed by atoms with Crippen molar-refractivity contribution in [1.82, 2.24) is 4.31 Å². The Morgan fingerprint density at radius 3 is 2.24 bits per heavy atom. The fraction of sp³-hybridized carbons (Fsp3) is 0.667. The quantitative estimate of drug-likeness (QED) is 0.341. The van der Waals surface area contributed by atoms with Crippen molar-refractivity contribution in [3.63, 3.8) is 0 Å². The Hall–Kier alpha value is -1.06. The zero-order valence-electron chi connectivity index (χ0n) is 18.5. The third-order valence-electron chi connectivity index (χ3n) is 4.93. The summed E-state index contributed by atoms with van der Waals surface area (Å²) in [4.78, 5) is 11.0. The van der Waals surface area contributed by atoms with Crippen LogP contribution >= 0.6 is 0 Å². The lowest BCUT2D eigenvalue weighted by molar-refractivity contribution is -0.138. The van der Waals surface area contributed by atoms with Crippen LogP contribution < -0.4 is 0 Å². The molecule has 1 unspecified atom stereocenters. The highest BCUT2D eigenvalue weighted by Crippen LogP contribution is 2.39. The highest BCUT2D eigenvalue weighted by atomic mass is 32.2. The molecule has 1 aromatic carbocycles. The molecular weight excluding hydrogens is 406 g/mol. The number of rotatable bonds is 10. The Morgan fingerprint density at radius 1 is 1.24 bits per heavy atom. The van der Waals surface area contributed by atoms with Crippen LogP contribution in [0.1, 0.15) is 31.9 Å². The summed E-state index contributed by atoms with van der Waals surface area (Å²) >= 11 is 0. The monoisotopic (exact) mass is 441 g/mol. The first kappa shape index (κ1) is 24.2. The molecule has 2 rings (SSSR count). The van der Waals surface area contributed by atoms with E-state index in [2.05, 4.69) is 19.6 Å². The number of ether oxygens (including phenoxy) is 2. The lowest BCUT2D eigenvalue weighted by Gasteiger charge is -2.50. The van der Waals surface area contributed by atoms with Gasteiger partial charge in [-0.15, -0.1) is 0 Å². The Kier molecular flexibility index (Phi) is 7.84. The van der Waals surface area contributed by atoms with E-state index in [-0.39, 0.29) is 13.2 Å². The van der Waals surface area contributed by atoms with Gasteiger partial charge in [-0.1, -0.05) is 43.9 Å². The summed E-state index contributed by atoms with van der Waals surface area (Å²) in [5.41, 5.74) is 1.19. The van der Waals surface area contributed by atoms with E-state index in [1.807, 2.05) is 49.3 Å². The predicted octanol–water partition coefficient (Wildman–Crippen LogP) is 3.62. The van der Waals surface area contributed by atoms with E-state index in [0.29, 0.717) is 19.8 Å². The van der Waals surface area contributed by atoms with Gasteiger partial charge >= 0.3 is 5.97 Å². The second-order valence-electron chi connectivity index (χ2n) is 9.88. The van der Waals surface area contributed by atoms with Gasteiger partial charge in [0.1, 0.15) is 23.3 Å². The Bertz CT molecular complexity index is 720. The largest absolute Gasteiger partial charge is 0.481 e. The summed E-state index contributed by atoms with van der Waals surface area (Å²) in [6.07, 6.45) is -0.0127. The molecule has 0 spiro atoms. The Balaban J connectivity index is 2.25. The molecule has 1 saturated heterocycles. The summed E-state index contributed by atoms with van der Waals surface area (Å²) < 4.78 is 26.5. The lowest BCUT2D eigenvalue weighted by Crippen LogP contribution is -2.62. The van der Waals surface area contributed by atoms with Crippen molar-refractivity contribution in [2.45, 2.75) is 63.2 Å². The van der Waals surface area contributed by atoms with E-state index >= 15 is 0 Å². The van der Waals surface area contributed by atoms with Crippen molar-refractivity contribution < 1.29 is 23.6 Å².